The summed E-state index contributed by atoms with van der Waals surface area (Å²) in [5, 5.41) is 0. The lowest BCUT2D eigenvalue weighted by Crippen LogP contribution is -2.53. The van der Waals surface area contributed by atoms with E-state index in [1.807, 2.05) is 13.0 Å². The molecule has 1 aliphatic carbocycles. The third kappa shape index (κ3) is 5.15. The molecule has 0 amide bonds. The van der Waals surface area contributed by atoms with Crippen LogP contribution in [-0.2, 0) is 14.3 Å². The second-order valence-corrected chi connectivity index (χ2v) is 8.30. The van der Waals surface area contributed by atoms with Crippen molar-refractivity contribution < 1.29 is 27.4 Å². The second-order valence-electron chi connectivity index (χ2n) is 8.30. The molecule has 0 aromatic carbocycles. The molecule has 3 nitrogen and oxygen atoms in total. The van der Waals surface area contributed by atoms with Gasteiger partial charge in [0.15, 0.2) is 11.6 Å². The molecule has 4 atom stereocenters. The predicted molar refractivity (Wildman–Crippen MR) is 103 cm³/mol. The smallest absolute Gasteiger partial charge is 0.338 e. The van der Waals surface area contributed by atoms with Gasteiger partial charge in [0.05, 0.1) is 0 Å². The van der Waals surface area contributed by atoms with Gasteiger partial charge in [0.25, 0.3) is 0 Å². The average molecular weight is 400 g/mol. The Balaban J connectivity index is 2.25. The van der Waals surface area contributed by atoms with Crippen molar-refractivity contribution in [2.24, 2.45) is 23.7 Å². The number of halogens is 3. The number of carbonyl (C=O) groups is 1. The Morgan fingerprint density at radius 3 is 2.68 bits per heavy atom. The van der Waals surface area contributed by atoms with Crippen molar-refractivity contribution in [1.82, 2.24) is 0 Å². The highest BCUT2D eigenvalue weighted by atomic mass is 19.4. The van der Waals surface area contributed by atoms with E-state index in [1.165, 1.54) is 6.08 Å². The summed E-state index contributed by atoms with van der Waals surface area (Å²) in [6, 6.07) is 0. The minimum absolute atomic E-state index is 0.216. The molecule has 2 rings (SSSR count). The van der Waals surface area contributed by atoms with Crippen LogP contribution in [0, 0.1) is 23.7 Å². The summed E-state index contributed by atoms with van der Waals surface area (Å²) < 4.78 is 49.6. The van der Waals surface area contributed by atoms with Crippen LogP contribution in [-0.4, -0.2) is 31.0 Å². The minimum atomic E-state index is -4.47. The Kier molecular flexibility index (Phi) is 7.32. The van der Waals surface area contributed by atoms with Gasteiger partial charge in [0.1, 0.15) is 13.2 Å². The zero-order valence-corrected chi connectivity index (χ0v) is 17.0. The third-order valence-corrected chi connectivity index (χ3v) is 5.96. The highest BCUT2D eigenvalue weighted by Crippen LogP contribution is 2.49. The first-order valence-corrected chi connectivity index (χ1v) is 9.90. The van der Waals surface area contributed by atoms with Crippen molar-refractivity contribution in [3.05, 3.63) is 36.5 Å². The lowest BCUT2D eigenvalue weighted by Gasteiger charge is -2.49. The lowest BCUT2D eigenvalue weighted by molar-refractivity contribution is -0.292. The molecule has 0 saturated heterocycles. The summed E-state index contributed by atoms with van der Waals surface area (Å²) in [6.07, 6.45) is 1.84. The Morgan fingerprint density at radius 2 is 2.11 bits per heavy atom. The predicted octanol–water partition coefficient (Wildman–Crippen LogP) is 5.63. The highest BCUT2D eigenvalue weighted by Gasteiger charge is 2.52. The van der Waals surface area contributed by atoms with Crippen LogP contribution >= 0.6 is 0 Å². The Hall–Kier alpha value is -1.40. The fourth-order valence-electron chi connectivity index (χ4n) is 4.24. The molecule has 0 spiro atoms. The first-order valence-electron chi connectivity index (χ1n) is 9.90. The van der Waals surface area contributed by atoms with E-state index in [1.54, 1.807) is 0 Å². The molecule has 0 aromatic rings. The molecule has 28 heavy (non-hydrogen) atoms. The molecular formula is C22H31F3O3. The summed E-state index contributed by atoms with van der Waals surface area (Å²) in [7, 11) is 0. The first-order chi connectivity index (χ1) is 13.0. The van der Waals surface area contributed by atoms with Crippen LogP contribution in [0.15, 0.2) is 36.5 Å². The van der Waals surface area contributed by atoms with E-state index in [2.05, 4.69) is 27.0 Å². The molecule has 1 unspecified atom stereocenters. The fourth-order valence-corrected chi connectivity index (χ4v) is 4.24. The first kappa shape index (κ1) is 22.9. The highest BCUT2D eigenvalue weighted by molar-refractivity contribution is 5.92. The molecule has 1 aliphatic heterocycles. The molecular weight excluding hydrogens is 369 g/mol. The van der Waals surface area contributed by atoms with Crippen molar-refractivity contribution in [3.63, 3.8) is 0 Å². The minimum Gasteiger partial charge on any atom is -0.338 e. The van der Waals surface area contributed by atoms with Gasteiger partial charge in [-0.05, 0) is 49.2 Å². The second kappa shape index (κ2) is 8.95. The van der Waals surface area contributed by atoms with Crippen molar-refractivity contribution in [3.8, 4) is 0 Å². The van der Waals surface area contributed by atoms with E-state index < -0.39 is 18.6 Å². The fraction of sp³-hybridized carbons (Fsp3) is 0.682. The molecule has 2 aliphatic rings. The number of hydrogen-bond donors (Lipinski definition) is 0. The summed E-state index contributed by atoms with van der Waals surface area (Å²) in [5.74, 6) is -1.47. The molecule has 0 N–H and O–H groups in total. The van der Waals surface area contributed by atoms with Crippen molar-refractivity contribution in [2.45, 2.75) is 58.4 Å². The largest absolute Gasteiger partial charge is 0.411 e. The summed E-state index contributed by atoms with van der Waals surface area (Å²) in [4.78, 5) is 12.0. The molecule has 1 heterocycles. The Morgan fingerprint density at radius 1 is 1.43 bits per heavy atom. The normalized spacial score (nSPS) is 29.2. The van der Waals surface area contributed by atoms with Crippen LogP contribution < -0.4 is 0 Å². The number of allylic oxidation sites excluding steroid dienone is 2. The van der Waals surface area contributed by atoms with Crippen molar-refractivity contribution in [1.29, 1.82) is 0 Å². The lowest BCUT2D eigenvalue weighted by atomic mass is 9.69. The van der Waals surface area contributed by atoms with E-state index >= 15 is 0 Å². The van der Waals surface area contributed by atoms with Gasteiger partial charge in [0, 0.05) is 11.8 Å². The Bertz CT molecular complexity index is 635. The van der Waals surface area contributed by atoms with E-state index in [-0.39, 0.29) is 24.2 Å². The third-order valence-electron chi connectivity index (χ3n) is 5.96. The molecule has 158 valence electrons. The van der Waals surface area contributed by atoms with Gasteiger partial charge in [-0.15, -0.1) is 6.58 Å². The number of ketones is 1. The number of fused-ring (bicyclic) bond motifs is 1. The van der Waals surface area contributed by atoms with Gasteiger partial charge in [-0.2, -0.15) is 13.2 Å². The SMILES string of the molecule is C=C[C@H](CCC(=C)[C@@H]1CC[C@@H](C)C2(OCC(F)(F)F)OCC(=O)C=C12)C(C)C. The zero-order valence-electron chi connectivity index (χ0n) is 17.0. The monoisotopic (exact) mass is 400 g/mol. The van der Waals surface area contributed by atoms with Crippen molar-refractivity contribution in [2.75, 3.05) is 13.2 Å². The number of carbonyl (C=O) groups excluding carboxylic acids is 1. The van der Waals surface area contributed by atoms with Gasteiger partial charge in [-0.1, -0.05) is 39.0 Å². The molecule has 0 bridgehead atoms. The van der Waals surface area contributed by atoms with Crippen LogP contribution in [0.25, 0.3) is 0 Å². The van der Waals surface area contributed by atoms with Crippen LogP contribution in [0.5, 0.6) is 0 Å². The van der Waals surface area contributed by atoms with Crippen LogP contribution in [0.2, 0.25) is 0 Å². The quantitative estimate of drug-likeness (QED) is 0.496. The molecule has 1 fully saturated rings. The molecule has 1 saturated carbocycles. The maximum Gasteiger partial charge on any atom is 0.411 e. The summed E-state index contributed by atoms with van der Waals surface area (Å²) in [5.41, 5.74) is 1.40. The van der Waals surface area contributed by atoms with Crippen LogP contribution in [0.3, 0.4) is 0 Å². The van der Waals surface area contributed by atoms with Crippen LogP contribution in [0.4, 0.5) is 13.2 Å². The number of ether oxygens (including phenoxy) is 2. The number of hydrogen-bond acceptors (Lipinski definition) is 3. The van der Waals surface area contributed by atoms with Gasteiger partial charge < -0.3 is 9.47 Å². The van der Waals surface area contributed by atoms with Gasteiger partial charge in [-0.25, -0.2) is 0 Å². The van der Waals surface area contributed by atoms with E-state index in [0.717, 1.165) is 24.8 Å². The number of alkyl halides is 3. The van der Waals surface area contributed by atoms with Crippen LogP contribution in [0.1, 0.15) is 46.5 Å². The molecule has 6 heteroatoms. The Labute approximate surface area is 165 Å². The van der Waals surface area contributed by atoms with E-state index in [4.69, 9.17) is 9.47 Å². The molecule has 0 aromatic heterocycles. The van der Waals surface area contributed by atoms with E-state index in [9.17, 15) is 18.0 Å². The maximum atomic E-state index is 12.9. The van der Waals surface area contributed by atoms with Gasteiger partial charge >= 0.3 is 6.18 Å². The zero-order chi connectivity index (χ0) is 21.1. The van der Waals surface area contributed by atoms with Gasteiger partial charge in [0.2, 0.25) is 0 Å². The maximum absolute atomic E-state index is 12.9. The van der Waals surface area contributed by atoms with Gasteiger partial charge in [-0.3, -0.25) is 4.79 Å². The summed E-state index contributed by atoms with van der Waals surface area (Å²) in [6.45, 7) is 12.5. The number of rotatable bonds is 8. The summed E-state index contributed by atoms with van der Waals surface area (Å²) >= 11 is 0. The topological polar surface area (TPSA) is 35.5 Å². The molecule has 0 radical (unpaired) electrons. The van der Waals surface area contributed by atoms with Crippen molar-refractivity contribution >= 4 is 5.78 Å². The standard InChI is InChI=1S/C22H31F3O3/c1-6-17(14(2)3)9-7-15(4)19-10-8-16(5)22(28-13-21(23,24)25)20(19)11-18(26)12-27-22/h6,11,14,16-17,19H,1,4,7-10,12-13H2,2-3,5H3/t16-,17-,19+,22?/m1/s1. The average Bonchev–Trinajstić information content (AvgIpc) is 2.60. The van der Waals surface area contributed by atoms with E-state index in [0.29, 0.717) is 23.8 Å².